The molecule has 35 heavy (non-hydrogen) atoms. The average molecular weight is 511 g/mol. The van der Waals surface area contributed by atoms with E-state index in [4.69, 9.17) is 4.98 Å². The number of nitrogens with zero attached hydrogens (tertiary/aromatic N) is 5. The number of carbonyl (C=O) groups is 1. The Hall–Kier alpha value is -2.23. The molecule has 0 bridgehead atoms. The summed E-state index contributed by atoms with van der Waals surface area (Å²) in [6.45, 7) is 1.65. The zero-order chi connectivity index (χ0) is 24.4. The lowest BCUT2D eigenvalue weighted by Gasteiger charge is -2.35. The molecule has 3 heterocycles. The van der Waals surface area contributed by atoms with Crippen LogP contribution in [-0.2, 0) is 6.42 Å². The highest BCUT2D eigenvalue weighted by Gasteiger charge is 2.27. The predicted molar refractivity (Wildman–Crippen MR) is 145 cm³/mol. The van der Waals surface area contributed by atoms with E-state index in [0.29, 0.717) is 18.0 Å². The number of rotatable bonds is 7. The van der Waals surface area contributed by atoms with Crippen molar-refractivity contribution < 1.29 is 4.79 Å². The van der Waals surface area contributed by atoms with Gasteiger partial charge in [0.2, 0.25) is 0 Å². The highest BCUT2D eigenvalue weighted by atomic mass is 32.2. The van der Waals surface area contributed by atoms with E-state index in [2.05, 4.69) is 34.3 Å². The second-order valence-corrected chi connectivity index (χ2v) is 11.9. The third-order valence-corrected chi connectivity index (χ3v) is 9.01. The molecule has 2 atom stereocenters. The van der Waals surface area contributed by atoms with Gasteiger partial charge in [0.05, 0.1) is 10.2 Å². The molecule has 2 aromatic heterocycles. The normalized spacial score (nSPS) is 21.2. The van der Waals surface area contributed by atoms with E-state index < -0.39 is 0 Å². The second kappa shape index (κ2) is 10.8. The van der Waals surface area contributed by atoms with Gasteiger partial charge in [-0.3, -0.25) is 4.79 Å². The third-order valence-electron chi connectivity index (χ3n) is 7.37. The van der Waals surface area contributed by atoms with Crippen molar-refractivity contribution in [1.82, 2.24) is 24.8 Å². The quantitative estimate of drug-likeness (QED) is 0.458. The zero-order valence-corrected chi connectivity index (χ0v) is 22.4. The van der Waals surface area contributed by atoms with Crippen LogP contribution in [0.25, 0.3) is 10.2 Å². The molecule has 5 rings (SSSR count). The van der Waals surface area contributed by atoms with Crippen molar-refractivity contribution in [2.75, 3.05) is 38.8 Å². The van der Waals surface area contributed by atoms with E-state index in [-0.39, 0.29) is 5.91 Å². The summed E-state index contributed by atoms with van der Waals surface area (Å²) in [7, 11) is 4.24. The Bertz CT molecular complexity index is 1160. The summed E-state index contributed by atoms with van der Waals surface area (Å²) in [5.74, 6) is 1.68. The summed E-state index contributed by atoms with van der Waals surface area (Å²) in [5.41, 5.74) is 1.72. The number of fused-ring (bicyclic) bond motifs is 1. The molecule has 1 N–H and O–H groups in total. The first kappa shape index (κ1) is 24.5. The van der Waals surface area contributed by atoms with Gasteiger partial charge >= 0.3 is 0 Å². The predicted octanol–water partition coefficient (Wildman–Crippen LogP) is 4.80. The Morgan fingerprint density at radius 3 is 2.66 bits per heavy atom. The van der Waals surface area contributed by atoms with Gasteiger partial charge in [-0.25, -0.2) is 15.0 Å². The van der Waals surface area contributed by atoms with Crippen LogP contribution in [0.2, 0.25) is 0 Å². The fourth-order valence-corrected chi connectivity index (χ4v) is 6.56. The van der Waals surface area contributed by atoms with E-state index in [1.54, 1.807) is 23.1 Å². The van der Waals surface area contributed by atoms with Crippen molar-refractivity contribution in [2.45, 2.75) is 55.5 Å². The van der Waals surface area contributed by atoms with Gasteiger partial charge in [0.1, 0.15) is 5.82 Å². The molecule has 1 aliphatic carbocycles. The van der Waals surface area contributed by atoms with Gasteiger partial charge in [-0.05, 0) is 76.6 Å². The minimum Gasteiger partial charge on any atom is -0.359 e. The van der Waals surface area contributed by atoms with Crippen LogP contribution in [0, 0.1) is 5.92 Å². The SMILES string of the molecule is CSc1cnc(C[C@H]2CC[C@H](Nc3nc4ccc(C(=O)N5CCC(N(C)C)CC5)cc4s3)C2)nc1. The number of anilines is 1. The molecule has 0 spiro atoms. The van der Waals surface area contributed by atoms with Gasteiger partial charge in [0.25, 0.3) is 5.91 Å². The van der Waals surface area contributed by atoms with Gasteiger partial charge in [-0.2, -0.15) is 0 Å². The maximum Gasteiger partial charge on any atom is 0.253 e. The van der Waals surface area contributed by atoms with Crippen LogP contribution in [0.4, 0.5) is 5.13 Å². The number of aromatic nitrogens is 3. The molecule has 1 saturated carbocycles. The summed E-state index contributed by atoms with van der Waals surface area (Å²) in [4.78, 5) is 32.3. The first-order valence-corrected chi connectivity index (χ1v) is 14.5. The van der Waals surface area contributed by atoms with Gasteiger partial charge in [-0.15, -0.1) is 11.8 Å². The summed E-state index contributed by atoms with van der Waals surface area (Å²) in [6, 6.07) is 6.93. The Kier molecular flexibility index (Phi) is 7.55. The molecule has 3 aromatic rings. The largest absolute Gasteiger partial charge is 0.359 e. The fourth-order valence-electron chi connectivity index (χ4n) is 5.27. The molecule has 0 radical (unpaired) electrons. The fraction of sp³-hybridized carbons (Fsp3) is 0.538. The minimum absolute atomic E-state index is 0.137. The van der Waals surface area contributed by atoms with E-state index >= 15 is 0 Å². The molecule has 1 saturated heterocycles. The van der Waals surface area contributed by atoms with Crippen molar-refractivity contribution in [1.29, 1.82) is 0 Å². The van der Waals surface area contributed by atoms with Gasteiger partial charge < -0.3 is 15.1 Å². The lowest BCUT2D eigenvalue weighted by molar-refractivity contribution is 0.0663. The molecule has 7 nitrogen and oxygen atoms in total. The first-order chi connectivity index (χ1) is 17.0. The molecule has 1 aliphatic heterocycles. The Balaban J connectivity index is 1.18. The number of hydrogen-bond acceptors (Lipinski definition) is 8. The summed E-state index contributed by atoms with van der Waals surface area (Å²) in [5, 5.41) is 4.60. The molecule has 186 valence electrons. The number of hydrogen-bond donors (Lipinski definition) is 1. The van der Waals surface area contributed by atoms with Crippen LogP contribution < -0.4 is 5.32 Å². The lowest BCUT2D eigenvalue weighted by Crippen LogP contribution is -2.44. The van der Waals surface area contributed by atoms with Crippen LogP contribution in [0.3, 0.4) is 0 Å². The van der Waals surface area contributed by atoms with Crippen molar-refractivity contribution >= 4 is 44.4 Å². The Labute approximate surface area is 215 Å². The summed E-state index contributed by atoms with van der Waals surface area (Å²) < 4.78 is 1.07. The number of piperidine rings is 1. The number of thiazole rings is 1. The van der Waals surface area contributed by atoms with Crippen molar-refractivity contribution in [3.05, 3.63) is 42.0 Å². The van der Waals surface area contributed by atoms with E-state index in [1.807, 2.05) is 41.7 Å². The standard InChI is InChI=1S/C26H34N6OS2/c1-31(2)20-8-10-32(11-9-20)25(33)18-5-7-22-23(14-18)35-26(30-22)29-19-6-4-17(12-19)13-24-27-15-21(34-3)16-28-24/h5,7,14-17,19-20H,4,6,8-13H2,1-3H3,(H,29,30)/t17-,19-/m0/s1. The number of thioether (sulfide) groups is 1. The van der Waals surface area contributed by atoms with Crippen LogP contribution in [-0.4, -0.2) is 76.2 Å². The average Bonchev–Trinajstić information content (AvgIpc) is 3.49. The van der Waals surface area contributed by atoms with Crippen molar-refractivity contribution in [2.24, 2.45) is 5.92 Å². The molecule has 2 fully saturated rings. The van der Waals surface area contributed by atoms with Crippen LogP contribution in [0.5, 0.6) is 0 Å². The number of benzene rings is 1. The van der Waals surface area contributed by atoms with Crippen molar-refractivity contribution in [3.8, 4) is 0 Å². The smallest absolute Gasteiger partial charge is 0.253 e. The van der Waals surface area contributed by atoms with E-state index in [9.17, 15) is 4.79 Å². The molecule has 2 aliphatic rings. The molecule has 1 aromatic carbocycles. The van der Waals surface area contributed by atoms with Gasteiger partial charge in [-0.1, -0.05) is 11.3 Å². The van der Waals surface area contributed by atoms with E-state index in [1.165, 1.54) is 6.42 Å². The number of likely N-dealkylation sites (tertiary alicyclic amines) is 1. The Morgan fingerprint density at radius 2 is 1.94 bits per heavy atom. The highest BCUT2D eigenvalue weighted by Crippen LogP contribution is 2.33. The van der Waals surface area contributed by atoms with Crippen LogP contribution in [0.1, 0.15) is 48.3 Å². The van der Waals surface area contributed by atoms with Gasteiger partial charge in [0, 0.05) is 54.4 Å². The highest BCUT2D eigenvalue weighted by molar-refractivity contribution is 7.98. The zero-order valence-electron chi connectivity index (χ0n) is 20.7. The maximum absolute atomic E-state index is 13.1. The number of carbonyl (C=O) groups excluding carboxylic acids is 1. The molecular formula is C26H34N6OS2. The summed E-state index contributed by atoms with van der Waals surface area (Å²) >= 11 is 3.32. The number of amides is 1. The third kappa shape index (κ3) is 5.78. The Morgan fingerprint density at radius 1 is 1.17 bits per heavy atom. The second-order valence-electron chi connectivity index (χ2n) is 9.95. The van der Waals surface area contributed by atoms with Crippen molar-refractivity contribution in [3.63, 3.8) is 0 Å². The first-order valence-electron chi connectivity index (χ1n) is 12.5. The monoisotopic (exact) mass is 510 g/mol. The van der Waals surface area contributed by atoms with Gasteiger partial charge in [0.15, 0.2) is 5.13 Å². The molecule has 1 amide bonds. The topological polar surface area (TPSA) is 74.2 Å². The number of nitrogens with one attached hydrogen (secondary N) is 1. The minimum atomic E-state index is 0.137. The van der Waals surface area contributed by atoms with Crippen LogP contribution in [0.15, 0.2) is 35.5 Å². The summed E-state index contributed by atoms with van der Waals surface area (Å²) in [6.07, 6.45) is 12.3. The van der Waals surface area contributed by atoms with Crippen LogP contribution >= 0.6 is 23.1 Å². The molecular weight excluding hydrogens is 476 g/mol. The lowest BCUT2D eigenvalue weighted by atomic mass is 10.0. The molecule has 9 heteroatoms. The maximum atomic E-state index is 13.1. The van der Waals surface area contributed by atoms with E-state index in [0.717, 1.165) is 76.8 Å². The molecule has 0 unspecified atom stereocenters.